The summed E-state index contributed by atoms with van der Waals surface area (Å²) in [5.74, 6) is -0.502. The Kier molecular flexibility index (Phi) is 5.27. The van der Waals surface area contributed by atoms with Crippen molar-refractivity contribution in [3.8, 4) is 0 Å². The summed E-state index contributed by atoms with van der Waals surface area (Å²) in [5.41, 5.74) is 1.82. The molecule has 2 aromatic carbocycles. The number of imide groups is 1. The van der Waals surface area contributed by atoms with Crippen molar-refractivity contribution in [2.75, 3.05) is 6.54 Å². The number of nitrogens with zero attached hydrogens (tertiary/aromatic N) is 1. The summed E-state index contributed by atoms with van der Waals surface area (Å²) >= 11 is 5.61. The van der Waals surface area contributed by atoms with Gasteiger partial charge in [-0.25, -0.2) is 0 Å². The van der Waals surface area contributed by atoms with Crippen LogP contribution in [0.15, 0.2) is 40.8 Å². The molecule has 5 heteroatoms. The van der Waals surface area contributed by atoms with Crippen molar-refractivity contribution >= 4 is 46.0 Å². The highest BCUT2D eigenvalue weighted by molar-refractivity contribution is 7.72. The van der Waals surface area contributed by atoms with E-state index in [1.165, 1.54) is 24.2 Å². The summed E-state index contributed by atoms with van der Waals surface area (Å²) in [4.78, 5) is 27.2. The second-order valence-corrected chi connectivity index (χ2v) is 7.73. The number of carbonyl (C=O) groups is 2. The van der Waals surface area contributed by atoms with Gasteiger partial charge in [0.2, 0.25) is 0 Å². The molecule has 0 radical (unpaired) electrons. The predicted molar refractivity (Wildman–Crippen MR) is 113 cm³/mol. The van der Waals surface area contributed by atoms with Crippen LogP contribution in [0.3, 0.4) is 0 Å². The number of benzene rings is 2. The van der Waals surface area contributed by atoms with Gasteiger partial charge in [-0.2, -0.15) is 0 Å². The van der Waals surface area contributed by atoms with E-state index in [0.717, 1.165) is 24.6 Å². The van der Waals surface area contributed by atoms with Gasteiger partial charge in [-0.3, -0.25) is 14.5 Å². The number of rotatable bonds is 7. The van der Waals surface area contributed by atoms with Gasteiger partial charge in [0.05, 0.1) is 15.6 Å². The van der Waals surface area contributed by atoms with Crippen LogP contribution in [0.2, 0.25) is 0 Å². The van der Waals surface area contributed by atoms with Crippen LogP contribution in [0.1, 0.15) is 66.2 Å². The number of para-hydroxylation sites is 1. The Hall–Kier alpha value is -2.53. The first-order valence-electron chi connectivity index (χ1n) is 9.98. The lowest BCUT2D eigenvalue weighted by molar-refractivity contribution is 0.0652. The maximum Gasteiger partial charge on any atom is 0.265 e. The minimum Gasteiger partial charge on any atom is -0.455 e. The molecule has 28 heavy (non-hydrogen) atoms. The van der Waals surface area contributed by atoms with E-state index in [0.29, 0.717) is 38.7 Å². The standard InChI is InChI=1S/C23H23NO3S/c1-2-3-4-5-6-9-14-24-22(25)16-12-13-17-20(19(16)23(24)26)27-18-11-8-7-10-15(18)21(17)28/h7-8,10-13H,2-6,9,14H2,1H3. The molecule has 0 saturated heterocycles. The highest BCUT2D eigenvalue weighted by Gasteiger charge is 2.37. The summed E-state index contributed by atoms with van der Waals surface area (Å²) < 4.78 is 6.69. The Morgan fingerprint density at radius 1 is 0.893 bits per heavy atom. The Bertz CT molecular complexity index is 1130. The third kappa shape index (κ3) is 3.14. The highest BCUT2D eigenvalue weighted by Crippen LogP contribution is 2.34. The van der Waals surface area contributed by atoms with Gasteiger partial charge in [-0.15, -0.1) is 0 Å². The molecule has 3 aromatic rings. The minimum atomic E-state index is -0.271. The highest BCUT2D eigenvalue weighted by atomic mass is 32.1. The fourth-order valence-electron chi connectivity index (χ4n) is 3.88. The van der Waals surface area contributed by atoms with Crippen LogP contribution in [-0.2, 0) is 0 Å². The predicted octanol–water partition coefficient (Wildman–Crippen LogP) is 6.27. The van der Waals surface area contributed by atoms with Crippen molar-refractivity contribution in [3.05, 3.63) is 52.0 Å². The molecule has 1 aliphatic rings. The second-order valence-electron chi connectivity index (χ2n) is 7.32. The summed E-state index contributed by atoms with van der Waals surface area (Å²) in [7, 11) is 0. The summed E-state index contributed by atoms with van der Waals surface area (Å²) in [6, 6.07) is 11.0. The SMILES string of the molecule is CCCCCCCCN1C(=O)c2ccc3c(=S)c4ccccc4oc3c2C1=O. The van der Waals surface area contributed by atoms with Gasteiger partial charge < -0.3 is 4.42 Å². The molecule has 0 N–H and O–H groups in total. The maximum atomic E-state index is 13.0. The number of carbonyl (C=O) groups excluding carboxylic acids is 2. The van der Waals surface area contributed by atoms with Crippen LogP contribution in [0.5, 0.6) is 0 Å². The van der Waals surface area contributed by atoms with Crippen LogP contribution in [-0.4, -0.2) is 23.3 Å². The topological polar surface area (TPSA) is 50.5 Å². The van der Waals surface area contributed by atoms with Gasteiger partial charge in [-0.05, 0) is 30.7 Å². The van der Waals surface area contributed by atoms with Crippen molar-refractivity contribution in [2.24, 2.45) is 0 Å². The fourth-order valence-corrected chi connectivity index (χ4v) is 4.21. The van der Waals surface area contributed by atoms with Gasteiger partial charge >= 0.3 is 0 Å². The van der Waals surface area contributed by atoms with Gasteiger partial charge in [0, 0.05) is 17.3 Å². The first-order valence-corrected chi connectivity index (χ1v) is 10.4. The third-order valence-electron chi connectivity index (χ3n) is 5.42. The van der Waals surface area contributed by atoms with Crippen molar-refractivity contribution in [3.63, 3.8) is 0 Å². The summed E-state index contributed by atoms with van der Waals surface area (Å²) in [6.07, 6.45) is 6.64. The van der Waals surface area contributed by atoms with Crippen LogP contribution in [0.25, 0.3) is 21.9 Å². The Morgan fingerprint density at radius 2 is 1.64 bits per heavy atom. The maximum absolute atomic E-state index is 13.0. The lowest BCUT2D eigenvalue weighted by Gasteiger charge is -2.13. The molecule has 2 amide bonds. The molecular formula is C23H23NO3S. The third-order valence-corrected chi connectivity index (χ3v) is 5.86. The first kappa shape index (κ1) is 18.8. The molecule has 0 unspecified atom stereocenters. The lowest BCUT2D eigenvalue weighted by atomic mass is 10.0. The summed E-state index contributed by atoms with van der Waals surface area (Å²) in [5, 5.41) is 1.54. The Balaban J connectivity index is 1.66. The molecular weight excluding hydrogens is 370 g/mol. The number of amides is 2. The van der Waals surface area contributed by atoms with E-state index in [-0.39, 0.29) is 11.8 Å². The van der Waals surface area contributed by atoms with Gasteiger partial charge in [0.15, 0.2) is 0 Å². The molecule has 1 aliphatic heterocycles. The smallest absolute Gasteiger partial charge is 0.265 e. The molecule has 0 bridgehead atoms. The van der Waals surface area contributed by atoms with Crippen molar-refractivity contribution in [2.45, 2.75) is 45.4 Å². The van der Waals surface area contributed by atoms with E-state index in [1.807, 2.05) is 24.3 Å². The molecule has 2 heterocycles. The van der Waals surface area contributed by atoms with Gasteiger partial charge in [0.1, 0.15) is 11.2 Å². The van der Waals surface area contributed by atoms with Crippen LogP contribution in [0, 0.1) is 4.51 Å². The van der Waals surface area contributed by atoms with E-state index in [4.69, 9.17) is 16.6 Å². The molecule has 144 valence electrons. The van der Waals surface area contributed by atoms with Crippen LogP contribution >= 0.6 is 12.2 Å². The molecule has 0 aliphatic carbocycles. The number of hydrogen-bond donors (Lipinski definition) is 0. The normalized spacial score (nSPS) is 13.7. The number of hydrogen-bond acceptors (Lipinski definition) is 4. The number of fused-ring (bicyclic) bond motifs is 4. The van der Waals surface area contributed by atoms with E-state index in [1.54, 1.807) is 12.1 Å². The average molecular weight is 394 g/mol. The zero-order chi connectivity index (χ0) is 19.7. The van der Waals surface area contributed by atoms with Crippen molar-refractivity contribution in [1.29, 1.82) is 0 Å². The van der Waals surface area contributed by atoms with Gasteiger partial charge in [0.25, 0.3) is 11.8 Å². The largest absolute Gasteiger partial charge is 0.455 e. The zero-order valence-electron chi connectivity index (χ0n) is 16.0. The van der Waals surface area contributed by atoms with Crippen molar-refractivity contribution < 1.29 is 14.0 Å². The lowest BCUT2D eigenvalue weighted by Crippen LogP contribution is -2.30. The molecule has 0 fully saturated rings. The second kappa shape index (κ2) is 7.84. The summed E-state index contributed by atoms with van der Waals surface area (Å²) in [6.45, 7) is 2.64. The van der Waals surface area contributed by atoms with Crippen molar-refractivity contribution in [1.82, 2.24) is 4.90 Å². The van der Waals surface area contributed by atoms with E-state index in [9.17, 15) is 9.59 Å². The fraction of sp³-hybridized carbons (Fsp3) is 0.348. The monoisotopic (exact) mass is 393 g/mol. The molecule has 0 spiro atoms. The Morgan fingerprint density at radius 3 is 2.46 bits per heavy atom. The quantitative estimate of drug-likeness (QED) is 0.205. The molecule has 1 aromatic heterocycles. The molecule has 4 rings (SSSR count). The molecule has 4 nitrogen and oxygen atoms in total. The zero-order valence-corrected chi connectivity index (χ0v) is 16.8. The number of unbranched alkanes of at least 4 members (excludes halogenated alkanes) is 5. The Labute approximate surface area is 169 Å². The van der Waals surface area contributed by atoms with Crippen LogP contribution < -0.4 is 0 Å². The minimum absolute atomic E-state index is 0.232. The van der Waals surface area contributed by atoms with Gasteiger partial charge in [-0.1, -0.05) is 63.4 Å². The molecule has 0 atom stereocenters. The average Bonchev–Trinajstić information content (AvgIpc) is 2.95. The van der Waals surface area contributed by atoms with E-state index < -0.39 is 0 Å². The van der Waals surface area contributed by atoms with Crippen LogP contribution in [0.4, 0.5) is 0 Å². The van der Waals surface area contributed by atoms with E-state index >= 15 is 0 Å². The van der Waals surface area contributed by atoms with E-state index in [2.05, 4.69) is 6.92 Å². The first-order chi connectivity index (χ1) is 13.6. The molecule has 0 saturated carbocycles.